The summed E-state index contributed by atoms with van der Waals surface area (Å²) in [6.45, 7) is 0.405. The molecule has 0 atom stereocenters. The molecule has 224 valence electrons. The van der Waals surface area contributed by atoms with E-state index in [0.29, 0.717) is 35.2 Å². The van der Waals surface area contributed by atoms with Gasteiger partial charge in [0.2, 0.25) is 0 Å². The van der Waals surface area contributed by atoms with E-state index in [1.54, 1.807) is 35.0 Å². The number of carbonyl (C=O) groups is 3. The molecule has 2 N–H and O–H groups in total. The number of aromatic amines is 1. The molecule has 0 unspecified atom stereocenters. The van der Waals surface area contributed by atoms with Gasteiger partial charge in [0.05, 0.1) is 12.1 Å². The van der Waals surface area contributed by atoms with Crippen LogP contribution in [0, 0.1) is 0 Å². The number of nitrogens with one attached hydrogen (secondary N) is 1. The van der Waals surface area contributed by atoms with E-state index in [9.17, 15) is 19.5 Å². The Hall–Kier alpha value is -5.69. The monoisotopic (exact) mass is 595 g/mol. The number of hydrogen-bond acceptors (Lipinski definition) is 3. The van der Waals surface area contributed by atoms with Gasteiger partial charge < -0.3 is 19.9 Å². The molecule has 0 aliphatic carbocycles. The number of aliphatic carboxylic acids is 1. The fraction of sp³-hybridized carbons (Fsp3) is 0.132. The fourth-order valence-corrected chi connectivity index (χ4v) is 5.91. The van der Waals surface area contributed by atoms with Crippen LogP contribution < -0.4 is 4.90 Å². The van der Waals surface area contributed by atoms with Gasteiger partial charge in [0.1, 0.15) is 0 Å². The normalized spacial score (nSPS) is 11.0. The molecule has 0 radical (unpaired) electrons. The molecule has 0 aliphatic heterocycles. The molecule has 0 aliphatic rings. The van der Waals surface area contributed by atoms with Gasteiger partial charge in [-0.15, -0.1) is 0 Å². The van der Waals surface area contributed by atoms with Crippen molar-refractivity contribution in [2.45, 2.75) is 12.8 Å². The van der Waals surface area contributed by atoms with Crippen molar-refractivity contribution in [3.8, 4) is 11.1 Å². The number of anilines is 1. The van der Waals surface area contributed by atoms with Gasteiger partial charge in [0, 0.05) is 53.8 Å². The average Bonchev–Trinajstić information content (AvgIpc) is 3.50. The Balaban J connectivity index is 1.33. The van der Waals surface area contributed by atoms with Crippen LogP contribution >= 0.6 is 0 Å². The highest BCUT2D eigenvalue weighted by Gasteiger charge is 2.24. The largest absolute Gasteiger partial charge is 0.481 e. The van der Waals surface area contributed by atoms with Crippen molar-refractivity contribution in [1.82, 2.24) is 9.88 Å². The molecule has 6 aromatic rings. The number of amides is 2. The summed E-state index contributed by atoms with van der Waals surface area (Å²) in [5, 5.41) is 12.5. The van der Waals surface area contributed by atoms with Crippen molar-refractivity contribution in [1.29, 1.82) is 0 Å². The van der Waals surface area contributed by atoms with Gasteiger partial charge in [-0.1, -0.05) is 91.0 Å². The van der Waals surface area contributed by atoms with Gasteiger partial charge >= 0.3 is 5.97 Å². The minimum atomic E-state index is -0.972. The first-order valence-corrected chi connectivity index (χ1v) is 14.9. The number of carboxylic acids is 1. The van der Waals surface area contributed by atoms with Crippen LogP contribution in [0.3, 0.4) is 0 Å². The first kappa shape index (κ1) is 29.4. The van der Waals surface area contributed by atoms with Crippen molar-refractivity contribution in [2.24, 2.45) is 0 Å². The van der Waals surface area contributed by atoms with Crippen molar-refractivity contribution >= 4 is 45.1 Å². The molecule has 5 aromatic carbocycles. The lowest BCUT2D eigenvalue weighted by atomic mass is 9.93. The molecule has 1 heterocycles. The highest BCUT2D eigenvalue weighted by atomic mass is 16.4. The molecule has 0 spiro atoms. The zero-order valence-electron chi connectivity index (χ0n) is 24.9. The molecule has 7 heteroatoms. The molecule has 7 nitrogen and oxygen atoms in total. The fourth-order valence-electron chi connectivity index (χ4n) is 5.91. The lowest BCUT2D eigenvalue weighted by Gasteiger charge is -2.24. The van der Waals surface area contributed by atoms with E-state index < -0.39 is 5.97 Å². The Kier molecular flexibility index (Phi) is 8.42. The van der Waals surface area contributed by atoms with E-state index in [2.05, 4.69) is 4.98 Å². The second-order valence-electron chi connectivity index (χ2n) is 11.0. The standard InChI is InChI=1S/C38H33N3O4/c1-40(35-20-10-12-26-11-2-3-14-29(26)35)37(44)32-17-6-4-15-30(32)31-16-5-7-18-33(31)38(45)41(24-22-36(42)43)23-21-27-25-39-34-19-9-8-13-28(27)34/h2-20,25,39H,21-24H2,1H3,(H,42,43). The summed E-state index contributed by atoms with van der Waals surface area (Å²) in [4.78, 5) is 46.3. The number of hydrogen-bond donors (Lipinski definition) is 2. The van der Waals surface area contributed by atoms with Crippen molar-refractivity contribution in [3.63, 3.8) is 0 Å². The van der Waals surface area contributed by atoms with Gasteiger partial charge in [0.15, 0.2) is 0 Å². The molecule has 2 amide bonds. The van der Waals surface area contributed by atoms with E-state index in [-0.39, 0.29) is 24.8 Å². The number of nitrogens with zero attached hydrogens (tertiary/aromatic N) is 2. The third kappa shape index (κ3) is 6.06. The summed E-state index contributed by atoms with van der Waals surface area (Å²) in [5.41, 5.74) is 4.97. The van der Waals surface area contributed by atoms with Crippen LogP contribution in [0.25, 0.3) is 32.8 Å². The Morgan fingerprint density at radius 1 is 0.667 bits per heavy atom. The average molecular weight is 596 g/mol. The lowest BCUT2D eigenvalue weighted by Crippen LogP contribution is -2.35. The summed E-state index contributed by atoms with van der Waals surface area (Å²) in [6.07, 6.45) is 2.32. The van der Waals surface area contributed by atoms with Crippen LogP contribution in [0.5, 0.6) is 0 Å². The van der Waals surface area contributed by atoms with E-state index in [4.69, 9.17) is 0 Å². The smallest absolute Gasteiger partial charge is 0.305 e. The van der Waals surface area contributed by atoms with Crippen molar-refractivity contribution < 1.29 is 19.5 Å². The summed E-state index contributed by atoms with van der Waals surface area (Å²) in [5.74, 6) is -1.46. The third-order valence-corrected chi connectivity index (χ3v) is 8.25. The van der Waals surface area contributed by atoms with Crippen molar-refractivity contribution in [2.75, 3.05) is 25.0 Å². The topological polar surface area (TPSA) is 93.7 Å². The summed E-state index contributed by atoms with van der Waals surface area (Å²) >= 11 is 0. The second-order valence-corrected chi connectivity index (χ2v) is 11.0. The Morgan fingerprint density at radius 3 is 2.00 bits per heavy atom. The SMILES string of the molecule is CN(C(=O)c1ccccc1-c1ccccc1C(=O)N(CCC(=O)O)CCc1c[nH]c2ccccc12)c1cccc2ccccc12. The Bertz CT molecular complexity index is 2020. The van der Waals surface area contributed by atoms with E-state index in [1.807, 2.05) is 103 Å². The maximum atomic E-state index is 14.2. The van der Waals surface area contributed by atoms with Gasteiger partial charge in [-0.3, -0.25) is 14.4 Å². The van der Waals surface area contributed by atoms with Gasteiger partial charge in [-0.05, 0) is 52.8 Å². The van der Waals surface area contributed by atoms with Crippen LogP contribution in [-0.2, 0) is 11.2 Å². The Labute approximate surface area is 261 Å². The molecule has 1 aromatic heterocycles. The van der Waals surface area contributed by atoms with Gasteiger partial charge in [0.25, 0.3) is 11.8 Å². The molecule has 6 rings (SSSR count). The molecule has 0 fully saturated rings. The van der Waals surface area contributed by atoms with E-state index in [1.165, 1.54) is 0 Å². The van der Waals surface area contributed by atoms with Crippen LogP contribution in [0.4, 0.5) is 5.69 Å². The van der Waals surface area contributed by atoms with Gasteiger partial charge in [-0.2, -0.15) is 0 Å². The first-order chi connectivity index (χ1) is 21.9. The van der Waals surface area contributed by atoms with Crippen LogP contribution in [0.2, 0.25) is 0 Å². The highest BCUT2D eigenvalue weighted by Crippen LogP contribution is 2.32. The minimum absolute atomic E-state index is 0.0647. The second kappa shape index (κ2) is 12.9. The first-order valence-electron chi connectivity index (χ1n) is 14.9. The molecule has 0 bridgehead atoms. The number of H-pyrrole nitrogens is 1. The number of para-hydroxylation sites is 1. The van der Waals surface area contributed by atoms with Crippen LogP contribution in [0.1, 0.15) is 32.7 Å². The highest BCUT2D eigenvalue weighted by molar-refractivity contribution is 6.14. The summed E-state index contributed by atoms with van der Waals surface area (Å²) in [6, 6.07) is 36.3. The number of carbonyl (C=O) groups excluding carboxylic acids is 2. The molecule has 45 heavy (non-hydrogen) atoms. The maximum absolute atomic E-state index is 14.2. The zero-order valence-corrected chi connectivity index (χ0v) is 24.9. The number of aromatic nitrogens is 1. The van der Waals surface area contributed by atoms with Gasteiger partial charge in [-0.25, -0.2) is 0 Å². The lowest BCUT2D eigenvalue weighted by molar-refractivity contribution is -0.137. The van der Waals surface area contributed by atoms with Crippen LogP contribution in [-0.4, -0.2) is 52.9 Å². The predicted molar refractivity (Wildman–Crippen MR) is 179 cm³/mol. The molecule has 0 saturated carbocycles. The summed E-state index contributed by atoms with van der Waals surface area (Å²) < 4.78 is 0. The molecular weight excluding hydrogens is 562 g/mol. The Morgan fingerprint density at radius 2 is 1.27 bits per heavy atom. The van der Waals surface area contributed by atoms with Crippen LogP contribution in [0.15, 0.2) is 121 Å². The quantitative estimate of drug-likeness (QED) is 0.172. The third-order valence-electron chi connectivity index (χ3n) is 8.25. The minimum Gasteiger partial charge on any atom is -0.481 e. The number of rotatable bonds is 10. The molecular formula is C38H33N3O4. The number of fused-ring (bicyclic) bond motifs is 2. The number of carboxylic acid groups (broad SMARTS) is 1. The predicted octanol–water partition coefficient (Wildman–Crippen LogP) is 7.42. The van der Waals surface area contributed by atoms with Crippen molar-refractivity contribution in [3.05, 3.63) is 138 Å². The zero-order chi connectivity index (χ0) is 31.3. The maximum Gasteiger partial charge on any atom is 0.305 e. The van der Waals surface area contributed by atoms with E-state index in [0.717, 1.165) is 32.9 Å². The summed E-state index contributed by atoms with van der Waals surface area (Å²) in [7, 11) is 1.76. The number of benzene rings is 5. The molecule has 0 saturated heterocycles. The van der Waals surface area contributed by atoms with E-state index >= 15 is 0 Å².